The molecule has 0 aliphatic carbocycles. The Hall–Kier alpha value is -1.85. The number of nitrogens with zero attached hydrogens (tertiary/aromatic N) is 2. The number of carbonyl (C=O) groups is 1. The second-order valence-corrected chi connectivity index (χ2v) is 8.95. The number of thiophene rings is 1. The number of aryl methyl sites for hydroxylation is 1. The van der Waals surface area contributed by atoms with Crippen LogP contribution >= 0.6 is 11.3 Å². The number of hydrogen-bond donors (Lipinski definition) is 0. The highest BCUT2D eigenvalue weighted by molar-refractivity contribution is 7.13. The minimum absolute atomic E-state index is 0.189. The molecule has 1 saturated heterocycles. The van der Waals surface area contributed by atoms with Crippen molar-refractivity contribution in [2.24, 2.45) is 5.92 Å². The van der Waals surface area contributed by atoms with Gasteiger partial charge in [0.2, 0.25) is 0 Å². The summed E-state index contributed by atoms with van der Waals surface area (Å²) in [6, 6.07) is 12.3. The summed E-state index contributed by atoms with van der Waals surface area (Å²) in [4.78, 5) is 19.5. The van der Waals surface area contributed by atoms with Crippen LogP contribution in [0.1, 0.15) is 39.9 Å². The molecular weight excluding hydrogens is 368 g/mol. The zero-order valence-corrected chi connectivity index (χ0v) is 18.1. The maximum atomic E-state index is 12.8. The molecule has 1 aromatic heterocycles. The zero-order chi connectivity index (χ0) is 19.9. The quantitative estimate of drug-likeness (QED) is 0.655. The van der Waals surface area contributed by atoms with E-state index in [0.717, 1.165) is 49.8 Å². The minimum Gasteiger partial charge on any atom is -0.497 e. The average molecular weight is 401 g/mol. The maximum Gasteiger partial charge on any atom is 0.263 e. The van der Waals surface area contributed by atoms with Gasteiger partial charge in [0, 0.05) is 31.1 Å². The van der Waals surface area contributed by atoms with Crippen molar-refractivity contribution in [3.8, 4) is 5.75 Å². The largest absolute Gasteiger partial charge is 0.497 e. The monoisotopic (exact) mass is 400 g/mol. The number of ether oxygens (including phenoxy) is 1. The average Bonchev–Trinajstić information content (AvgIpc) is 3.17. The first kappa shape index (κ1) is 20.9. The number of rotatable bonds is 8. The van der Waals surface area contributed by atoms with Gasteiger partial charge in [0.05, 0.1) is 12.0 Å². The molecule has 0 unspecified atom stereocenters. The van der Waals surface area contributed by atoms with Crippen LogP contribution in [0.5, 0.6) is 5.75 Å². The molecule has 0 saturated carbocycles. The van der Waals surface area contributed by atoms with E-state index in [-0.39, 0.29) is 5.91 Å². The molecule has 5 heteroatoms. The van der Waals surface area contributed by atoms with Crippen molar-refractivity contribution >= 4 is 17.2 Å². The van der Waals surface area contributed by atoms with Crippen molar-refractivity contribution in [1.29, 1.82) is 0 Å². The topological polar surface area (TPSA) is 32.8 Å². The van der Waals surface area contributed by atoms with Crippen LogP contribution in [0, 0.1) is 12.8 Å². The van der Waals surface area contributed by atoms with E-state index in [1.54, 1.807) is 18.4 Å². The van der Waals surface area contributed by atoms with E-state index in [9.17, 15) is 4.79 Å². The van der Waals surface area contributed by atoms with Gasteiger partial charge in [-0.3, -0.25) is 4.79 Å². The lowest BCUT2D eigenvalue weighted by molar-refractivity contribution is 0.0695. The third-order valence-electron chi connectivity index (χ3n) is 5.55. The fourth-order valence-electron chi connectivity index (χ4n) is 3.99. The molecule has 4 nitrogen and oxygen atoms in total. The van der Waals surface area contributed by atoms with Crippen LogP contribution < -0.4 is 4.74 Å². The van der Waals surface area contributed by atoms with Gasteiger partial charge in [0.15, 0.2) is 0 Å². The van der Waals surface area contributed by atoms with Gasteiger partial charge in [-0.25, -0.2) is 0 Å². The van der Waals surface area contributed by atoms with Crippen LogP contribution in [0.3, 0.4) is 0 Å². The highest BCUT2D eigenvalue weighted by Crippen LogP contribution is 2.22. The van der Waals surface area contributed by atoms with Crippen molar-refractivity contribution in [2.45, 2.75) is 33.1 Å². The lowest BCUT2D eigenvalue weighted by Gasteiger charge is -2.35. The second kappa shape index (κ2) is 10.1. The number of carbonyl (C=O) groups excluding carboxylic acids is 1. The summed E-state index contributed by atoms with van der Waals surface area (Å²) in [6.07, 6.45) is 3.46. The Morgan fingerprint density at radius 3 is 2.89 bits per heavy atom. The molecule has 1 aromatic carbocycles. The summed E-state index contributed by atoms with van der Waals surface area (Å²) >= 11 is 1.60. The first-order chi connectivity index (χ1) is 13.6. The number of hydrogen-bond acceptors (Lipinski definition) is 4. The van der Waals surface area contributed by atoms with E-state index < -0.39 is 0 Å². The SMILES string of the molecule is CCN(C[C@@H]1CCCN(CCc2cccc(OC)c2)C1)C(=O)c1ccc(C)s1. The molecule has 2 aromatic rings. The fraction of sp³-hybridized carbons (Fsp3) is 0.522. The summed E-state index contributed by atoms with van der Waals surface area (Å²) in [7, 11) is 1.71. The third kappa shape index (κ3) is 5.58. The summed E-state index contributed by atoms with van der Waals surface area (Å²) in [5.41, 5.74) is 1.32. The third-order valence-corrected chi connectivity index (χ3v) is 6.54. The summed E-state index contributed by atoms with van der Waals surface area (Å²) in [6.45, 7) is 9.08. The molecule has 1 fully saturated rings. The van der Waals surface area contributed by atoms with Gasteiger partial charge in [0.1, 0.15) is 5.75 Å². The Morgan fingerprint density at radius 2 is 2.18 bits per heavy atom. The molecule has 3 rings (SSSR count). The molecule has 0 spiro atoms. The van der Waals surface area contributed by atoms with Gasteiger partial charge in [-0.05, 0) is 75.4 Å². The maximum absolute atomic E-state index is 12.8. The molecule has 0 bridgehead atoms. The predicted molar refractivity (Wildman–Crippen MR) is 116 cm³/mol. The van der Waals surface area contributed by atoms with E-state index in [4.69, 9.17) is 4.74 Å². The smallest absolute Gasteiger partial charge is 0.263 e. The van der Waals surface area contributed by atoms with Gasteiger partial charge in [-0.1, -0.05) is 12.1 Å². The molecule has 0 radical (unpaired) electrons. The number of methoxy groups -OCH3 is 1. The Morgan fingerprint density at radius 1 is 1.32 bits per heavy atom. The molecule has 28 heavy (non-hydrogen) atoms. The fourth-order valence-corrected chi connectivity index (χ4v) is 4.83. The first-order valence-corrected chi connectivity index (χ1v) is 11.1. The van der Waals surface area contributed by atoms with Crippen molar-refractivity contribution in [1.82, 2.24) is 9.80 Å². The summed E-state index contributed by atoms with van der Waals surface area (Å²) in [5.74, 6) is 1.67. The molecule has 1 atom stereocenters. The van der Waals surface area contributed by atoms with Crippen LogP contribution in [0.25, 0.3) is 0 Å². The van der Waals surface area contributed by atoms with Crippen molar-refractivity contribution < 1.29 is 9.53 Å². The zero-order valence-electron chi connectivity index (χ0n) is 17.3. The van der Waals surface area contributed by atoms with Gasteiger partial charge < -0.3 is 14.5 Å². The Labute approximate surface area is 173 Å². The standard InChI is InChI=1S/C23H32N2O2S/c1-4-25(23(26)22-11-10-18(2)28-22)17-20-8-6-13-24(16-20)14-12-19-7-5-9-21(15-19)27-3/h5,7,9-11,15,20H,4,6,8,12-14,16-17H2,1-3H3/t20-/m1/s1. The second-order valence-electron chi connectivity index (χ2n) is 7.66. The van der Waals surface area contributed by atoms with Crippen LogP contribution in [-0.2, 0) is 6.42 Å². The molecule has 1 amide bonds. The Kier molecular flexibility index (Phi) is 7.51. The van der Waals surface area contributed by atoms with E-state index in [1.165, 1.54) is 23.3 Å². The van der Waals surface area contributed by atoms with Crippen LogP contribution in [0.15, 0.2) is 36.4 Å². The first-order valence-electron chi connectivity index (χ1n) is 10.3. The van der Waals surface area contributed by atoms with Crippen LogP contribution in [-0.4, -0.2) is 55.5 Å². The number of likely N-dealkylation sites (tertiary alicyclic amines) is 1. The normalized spacial score (nSPS) is 17.5. The predicted octanol–water partition coefficient (Wildman–Crippen LogP) is 4.48. The highest BCUT2D eigenvalue weighted by atomic mass is 32.1. The highest BCUT2D eigenvalue weighted by Gasteiger charge is 2.24. The Balaban J connectivity index is 1.52. The van der Waals surface area contributed by atoms with Gasteiger partial charge in [-0.2, -0.15) is 0 Å². The van der Waals surface area contributed by atoms with Crippen LogP contribution in [0.2, 0.25) is 0 Å². The van der Waals surface area contributed by atoms with Gasteiger partial charge in [-0.15, -0.1) is 11.3 Å². The number of piperidine rings is 1. The van der Waals surface area contributed by atoms with Gasteiger partial charge in [0.25, 0.3) is 5.91 Å². The molecule has 0 N–H and O–H groups in total. The minimum atomic E-state index is 0.189. The summed E-state index contributed by atoms with van der Waals surface area (Å²) in [5, 5.41) is 0. The molecule has 152 valence electrons. The van der Waals surface area contributed by atoms with E-state index in [2.05, 4.69) is 36.9 Å². The molecule has 2 heterocycles. The van der Waals surface area contributed by atoms with Gasteiger partial charge >= 0.3 is 0 Å². The molecule has 1 aliphatic heterocycles. The number of amides is 1. The van der Waals surface area contributed by atoms with E-state index >= 15 is 0 Å². The van der Waals surface area contributed by atoms with E-state index in [0.29, 0.717) is 5.92 Å². The van der Waals surface area contributed by atoms with Crippen molar-refractivity contribution in [3.63, 3.8) is 0 Å². The lowest BCUT2D eigenvalue weighted by atomic mass is 9.96. The number of benzene rings is 1. The Bertz CT molecular complexity index is 773. The molecular formula is C23H32N2O2S. The van der Waals surface area contributed by atoms with Crippen LogP contribution in [0.4, 0.5) is 0 Å². The van der Waals surface area contributed by atoms with E-state index in [1.807, 2.05) is 23.1 Å². The molecule has 1 aliphatic rings. The van der Waals surface area contributed by atoms with Crippen molar-refractivity contribution in [2.75, 3.05) is 39.8 Å². The lowest BCUT2D eigenvalue weighted by Crippen LogP contribution is -2.43. The van der Waals surface area contributed by atoms with Crippen molar-refractivity contribution in [3.05, 3.63) is 51.7 Å². The summed E-state index contributed by atoms with van der Waals surface area (Å²) < 4.78 is 5.33.